The average Bonchev–Trinajstić information content (AvgIpc) is 2.08. The van der Waals surface area contributed by atoms with Crippen molar-refractivity contribution in [3.8, 4) is 0 Å². The van der Waals surface area contributed by atoms with Crippen molar-refractivity contribution in [3.05, 3.63) is 29.3 Å². The average molecular weight is 178 g/mol. The van der Waals surface area contributed by atoms with E-state index < -0.39 is 11.7 Å². The first-order chi connectivity index (χ1) is 6.02. The number of benzene rings is 1. The highest BCUT2D eigenvalue weighted by Gasteiger charge is 2.12. The van der Waals surface area contributed by atoms with Gasteiger partial charge in [0.15, 0.2) is 0 Å². The van der Waals surface area contributed by atoms with Gasteiger partial charge in [0.05, 0.1) is 0 Å². The van der Waals surface area contributed by atoms with Gasteiger partial charge in [0, 0.05) is 11.3 Å². The lowest BCUT2D eigenvalue weighted by Crippen LogP contribution is -2.14. The van der Waals surface area contributed by atoms with E-state index in [-0.39, 0.29) is 5.56 Å². The number of rotatable bonds is 2. The van der Waals surface area contributed by atoms with E-state index in [0.29, 0.717) is 5.69 Å². The molecule has 0 heterocycles. The van der Waals surface area contributed by atoms with Gasteiger partial charge in [-0.15, -0.1) is 0 Å². The van der Waals surface area contributed by atoms with Crippen molar-refractivity contribution in [2.75, 3.05) is 5.73 Å². The van der Waals surface area contributed by atoms with Crippen LogP contribution in [0.4, 0.5) is 5.69 Å². The fourth-order valence-electron chi connectivity index (χ4n) is 1.00. The number of hydrogen-bond acceptors (Lipinski definition) is 3. The van der Waals surface area contributed by atoms with Gasteiger partial charge in [-0.1, -0.05) is 11.6 Å². The van der Waals surface area contributed by atoms with Crippen LogP contribution in [-0.2, 0) is 4.79 Å². The Bertz CT molecular complexity index is 372. The predicted molar refractivity (Wildman–Crippen MR) is 50.1 cm³/mol. The van der Waals surface area contributed by atoms with Gasteiger partial charge < -0.3 is 10.8 Å². The maximum atomic E-state index is 10.5. The number of aliphatic carboxylic acids is 1. The molecule has 0 atom stereocenters. The summed E-state index contributed by atoms with van der Waals surface area (Å²) >= 11 is 0. The molecule has 0 saturated heterocycles. The second kappa shape index (κ2) is 3.26. The van der Waals surface area contributed by atoms with Crippen LogP contribution in [0.15, 0.2) is 18.2 Å². The Morgan fingerprint density at radius 3 is 2.69 bits per heavy atom. The van der Waals surface area contributed by atoms with E-state index in [0.717, 1.165) is 5.56 Å². The summed E-state index contributed by atoms with van der Waals surface area (Å²) in [5.74, 6) is -1.27. The first-order valence-electron chi connectivity index (χ1n) is 3.70. The Balaban J connectivity index is 3.21. The quantitative estimate of drug-likeness (QED) is 0.467. The summed E-state index contributed by atoms with van der Waals surface area (Å²) in [6.45, 7) is 1.82. The minimum atomic E-state index is -1.27. The summed E-state index contributed by atoms with van der Waals surface area (Å²) in [7, 11) is 0. The van der Waals surface area contributed by atoms with Crippen LogP contribution in [0.3, 0.4) is 0 Å². The molecule has 0 aliphatic heterocycles. The molecule has 0 saturated carbocycles. The van der Waals surface area contributed by atoms with Gasteiger partial charge in [-0.3, -0.25) is 5.41 Å². The summed E-state index contributed by atoms with van der Waals surface area (Å²) in [6.07, 6.45) is 0. The number of carboxylic acids is 1. The van der Waals surface area contributed by atoms with Gasteiger partial charge in [-0.25, -0.2) is 4.79 Å². The third kappa shape index (κ3) is 1.84. The number of aryl methyl sites for hydroxylation is 1. The highest BCUT2D eigenvalue weighted by molar-refractivity contribution is 6.42. The number of nitrogens with one attached hydrogen (secondary N) is 1. The Kier molecular flexibility index (Phi) is 2.32. The monoisotopic (exact) mass is 178 g/mol. The molecule has 1 aromatic carbocycles. The molecule has 68 valence electrons. The van der Waals surface area contributed by atoms with Gasteiger partial charge in [0.25, 0.3) is 0 Å². The van der Waals surface area contributed by atoms with Gasteiger partial charge >= 0.3 is 5.97 Å². The Hall–Kier alpha value is -1.84. The zero-order chi connectivity index (χ0) is 10.0. The van der Waals surface area contributed by atoms with Crippen LogP contribution in [0, 0.1) is 12.3 Å². The Morgan fingerprint density at radius 1 is 1.54 bits per heavy atom. The minimum absolute atomic E-state index is 0.271. The van der Waals surface area contributed by atoms with Crippen LogP contribution in [0.1, 0.15) is 11.1 Å². The van der Waals surface area contributed by atoms with Gasteiger partial charge in [-0.2, -0.15) is 0 Å². The molecule has 1 aromatic rings. The smallest absolute Gasteiger partial charge is 0.354 e. The number of hydrogen-bond donors (Lipinski definition) is 3. The van der Waals surface area contributed by atoms with Gasteiger partial charge in [0.2, 0.25) is 0 Å². The first-order valence-corrected chi connectivity index (χ1v) is 3.70. The SMILES string of the molecule is Cc1ccc(N)c(C(=N)C(=O)O)c1. The van der Waals surface area contributed by atoms with E-state index in [1.165, 1.54) is 0 Å². The zero-order valence-electron chi connectivity index (χ0n) is 7.16. The van der Waals surface area contributed by atoms with E-state index in [9.17, 15) is 4.79 Å². The summed E-state index contributed by atoms with van der Waals surface area (Å²) in [5.41, 5.74) is 6.53. The summed E-state index contributed by atoms with van der Waals surface area (Å²) in [4.78, 5) is 10.5. The molecule has 0 amide bonds. The number of anilines is 1. The third-order valence-electron chi connectivity index (χ3n) is 1.69. The lowest BCUT2D eigenvalue weighted by molar-refractivity contribution is -0.129. The zero-order valence-corrected chi connectivity index (χ0v) is 7.16. The lowest BCUT2D eigenvalue weighted by atomic mass is 10.1. The standard InChI is InChI=1S/C9H10N2O2/c1-5-2-3-7(10)6(4-5)8(11)9(12)13/h2-4,11H,10H2,1H3,(H,12,13). The van der Waals surface area contributed by atoms with Crippen LogP contribution < -0.4 is 5.73 Å². The highest BCUT2D eigenvalue weighted by atomic mass is 16.4. The molecule has 4 heteroatoms. The molecule has 0 aliphatic rings. The third-order valence-corrected chi connectivity index (χ3v) is 1.69. The van der Waals surface area contributed by atoms with Crippen LogP contribution >= 0.6 is 0 Å². The van der Waals surface area contributed by atoms with Crippen molar-refractivity contribution >= 4 is 17.4 Å². The maximum Gasteiger partial charge on any atom is 0.354 e. The number of carbonyl (C=O) groups is 1. The topological polar surface area (TPSA) is 87.2 Å². The first kappa shape index (κ1) is 9.25. The maximum absolute atomic E-state index is 10.5. The predicted octanol–water partition coefficient (Wildman–Crippen LogP) is 1.03. The normalized spacial score (nSPS) is 9.62. The lowest BCUT2D eigenvalue weighted by Gasteiger charge is -2.04. The van der Waals surface area contributed by atoms with Crippen molar-refractivity contribution in [2.24, 2.45) is 0 Å². The van der Waals surface area contributed by atoms with Gasteiger partial charge in [0.1, 0.15) is 5.71 Å². The highest BCUT2D eigenvalue weighted by Crippen LogP contribution is 2.14. The van der Waals surface area contributed by atoms with E-state index in [4.69, 9.17) is 16.2 Å². The Morgan fingerprint density at radius 2 is 2.15 bits per heavy atom. The van der Waals surface area contributed by atoms with Crippen molar-refractivity contribution in [1.29, 1.82) is 5.41 Å². The van der Waals surface area contributed by atoms with Crippen molar-refractivity contribution < 1.29 is 9.90 Å². The molecule has 0 bridgehead atoms. The number of nitrogens with two attached hydrogens (primary N) is 1. The molecule has 0 radical (unpaired) electrons. The van der Waals surface area contributed by atoms with E-state index in [1.807, 2.05) is 6.92 Å². The second-order valence-electron chi connectivity index (χ2n) is 2.77. The van der Waals surface area contributed by atoms with Crippen molar-refractivity contribution in [3.63, 3.8) is 0 Å². The molecule has 4 nitrogen and oxygen atoms in total. The van der Waals surface area contributed by atoms with Crippen LogP contribution in [0.25, 0.3) is 0 Å². The second-order valence-corrected chi connectivity index (χ2v) is 2.77. The number of carboxylic acid groups (broad SMARTS) is 1. The molecular weight excluding hydrogens is 168 g/mol. The van der Waals surface area contributed by atoms with Crippen LogP contribution in [0.2, 0.25) is 0 Å². The number of nitrogen functional groups attached to an aromatic ring is 1. The fraction of sp³-hybridized carbons (Fsp3) is 0.111. The molecule has 0 unspecified atom stereocenters. The largest absolute Gasteiger partial charge is 0.477 e. The van der Waals surface area contributed by atoms with E-state index >= 15 is 0 Å². The molecule has 0 aliphatic carbocycles. The van der Waals surface area contributed by atoms with Gasteiger partial charge in [-0.05, 0) is 19.1 Å². The molecule has 13 heavy (non-hydrogen) atoms. The van der Waals surface area contributed by atoms with Crippen LogP contribution in [-0.4, -0.2) is 16.8 Å². The molecule has 0 fully saturated rings. The molecule has 4 N–H and O–H groups in total. The summed E-state index contributed by atoms with van der Waals surface area (Å²) in [5, 5.41) is 15.8. The molecule has 0 aromatic heterocycles. The van der Waals surface area contributed by atoms with Crippen LogP contribution in [0.5, 0.6) is 0 Å². The van der Waals surface area contributed by atoms with Crippen molar-refractivity contribution in [1.82, 2.24) is 0 Å². The minimum Gasteiger partial charge on any atom is -0.477 e. The summed E-state index contributed by atoms with van der Waals surface area (Å²) in [6, 6.07) is 4.96. The molecule has 0 spiro atoms. The molecule has 1 rings (SSSR count). The Labute approximate surface area is 75.5 Å². The summed E-state index contributed by atoms with van der Waals surface area (Å²) < 4.78 is 0. The van der Waals surface area contributed by atoms with Crippen molar-refractivity contribution in [2.45, 2.75) is 6.92 Å². The van der Waals surface area contributed by atoms with E-state index in [2.05, 4.69) is 0 Å². The fourth-order valence-corrected chi connectivity index (χ4v) is 1.00. The van der Waals surface area contributed by atoms with E-state index in [1.54, 1.807) is 18.2 Å². The molecular formula is C9H10N2O2.